The molecule has 0 radical (unpaired) electrons. The number of rotatable bonds is 12. The van der Waals surface area contributed by atoms with Crippen LogP contribution in [0.1, 0.15) is 66.9 Å². The monoisotopic (exact) mass is 529 g/mol. The molecule has 0 saturated carbocycles. The van der Waals surface area contributed by atoms with Gasteiger partial charge >= 0.3 is 6.09 Å². The van der Waals surface area contributed by atoms with Crippen LogP contribution in [0.2, 0.25) is 0 Å². The van der Waals surface area contributed by atoms with Gasteiger partial charge in [0.1, 0.15) is 23.7 Å². The van der Waals surface area contributed by atoms with E-state index in [0.29, 0.717) is 12.8 Å². The third kappa shape index (κ3) is 9.72. The van der Waals surface area contributed by atoms with Gasteiger partial charge in [-0.15, -0.1) is 0 Å². The smallest absolute Gasteiger partial charge is 0.408 e. The molecular weight excluding hydrogens is 486 g/mol. The van der Waals surface area contributed by atoms with Gasteiger partial charge in [0.25, 0.3) is 0 Å². The van der Waals surface area contributed by atoms with E-state index in [0.717, 1.165) is 16.5 Å². The van der Waals surface area contributed by atoms with E-state index in [4.69, 9.17) is 10.5 Å². The van der Waals surface area contributed by atoms with Gasteiger partial charge in [-0.2, -0.15) is 0 Å². The Kier molecular flexibility index (Phi) is 10.7. The van der Waals surface area contributed by atoms with Crippen molar-refractivity contribution in [3.8, 4) is 0 Å². The Morgan fingerprint density at radius 1 is 0.868 bits per heavy atom. The molecule has 2 aromatic rings. The largest absolute Gasteiger partial charge is 0.444 e. The lowest BCUT2D eigenvalue weighted by Crippen LogP contribution is -2.57. The highest BCUT2D eigenvalue weighted by Crippen LogP contribution is 2.20. The number of nitrogens with two attached hydrogens (primary N) is 1. The Bertz CT molecular complexity index is 1120. The van der Waals surface area contributed by atoms with Crippen molar-refractivity contribution in [2.45, 2.75) is 91.5 Å². The fourth-order valence-electron chi connectivity index (χ4n) is 4.14. The number of nitrogens with one attached hydrogen (secondary N) is 4. The van der Waals surface area contributed by atoms with Crippen LogP contribution >= 0.6 is 0 Å². The fourth-order valence-corrected chi connectivity index (χ4v) is 4.14. The number of alkyl carbamates (subject to hydrolysis) is 1. The summed E-state index contributed by atoms with van der Waals surface area (Å²) in [7, 11) is 0. The molecule has 1 aromatic carbocycles. The van der Waals surface area contributed by atoms with E-state index in [1.54, 1.807) is 27.0 Å². The number of carbonyl (C=O) groups is 4. The Labute approximate surface area is 224 Å². The van der Waals surface area contributed by atoms with Gasteiger partial charge in [-0.1, -0.05) is 45.9 Å². The van der Waals surface area contributed by atoms with E-state index in [9.17, 15) is 19.2 Å². The number of primary amides is 1. The molecule has 0 fully saturated rings. The van der Waals surface area contributed by atoms with E-state index >= 15 is 0 Å². The minimum absolute atomic E-state index is 0.0639. The summed E-state index contributed by atoms with van der Waals surface area (Å²) < 4.78 is 5.39. The number of para-hydroxylation sites is 1. The van der Waals surface area contributed by atoms with Gasteiger partial charge in [-0.05, 0) is 57.1 Å². The predicted octanol–water partition coefficient (Wildman–Crippen LogP) is 3.15. The molecule has 0 aliphatic rings. The van der Waals surface area contributed by atoms with Crippen molar-refractivity contribution in [2.75, 3.05) is 0 Å². The van der Waals surface area contributed by atoms with E-state index in [-0.39, 0.29) is 18.3 Å². The molecular formula is C28H43N5O5. The third-order valence-corrected chi connectivity index (χ3v) is 5.81. The maximum atomic E-state index is 13.5. The standard InChI is InChI=1S/C28H43N5O5/c1-16(2)12-21(24(29)34)31-25(35)22(13-17(3)4)32-26(36)23(33-27(37)38-28(5,6)7)14-18-15-30-20-11-9-8-10-19(18)20/h8-11,15-17,21-23,30H,12-14H2,1-7H3,(H2,29,34)(H,31,35)(H,32,36)(H,33,37)/t21-,22+,23-/m0/s1. The zero-order valence-corrected chi connectivity index (χ0v) is 23.5. The van der Waals surface area contributed by atoms with Crippen molar-refractivity contribution in [1.82, 2.24) is 20.9 Å². The summed E-state index contributed by atoms with van der Waals surface area (Å²) >= 11 is 0. The van der Waals surface area contributed by atoms with Crippen molar-refractivity contribution >= 4 is 34.7 Å². The van der Waals surface area contributed by atoms with Gasteiger partial charge < -0.3 is 31.4 Å². The van der Waals surface area contributed by atoms with Gasteiger partial charge in [0, 0.05) is 23.5 Å². The van der Waals surface area contributed by atoms with Gasteiger partial charge in [-0.3, -0.25) is 14.4 Å². The van der Waals surface area contributed by atoms with Gasteiger partial charge in [-0.25, -0.2) is 4.79 Å². The Balaban J connectivity index is 2.29. The summed E-state index contributed by atoms with van der Waals surface area (Å²) in [4.78, 5) is 54.5. The first kappa shape index (κ1) is 30.7. The average molecular weight is 530 g/mol. The van der Waals surface area contributed by atoms with E-state index < -0.39 is 47.5 Å². The number of aromatic amines is 1. The second kappa shape index (κ2) is 13.3. The molecule has 38 heavy (non-hydrogen) atoms. The molecule has 0 bridgehead atoms. The number of benzene rings is 1. The molecule has 1 heterocycles. The van der Waals surface area contributed by atoms with Crippen molar-refractivity contribution in [3.05, 3.63) is 36.0 Å². The molecule has 0 aliphatic heterocycles. The maximum absolute atomic E-state index is 13.5. The quantitative estimate of drug-likeness (QED) is 0.286. The van der Waals surface area contributed by atoms with E-state index in [2.05, 4.69) is 20.9 Å². The molecule has 0 aliphatic carbocycles. The highest BCUT2D eigenvalue weighted by molar-refractivity contribution is 5.94. The lowest BCUT2D eigenvalue weighted by atomic mass is 9.99. The topological polar surface area (TPSA) is 155 Å². The molecule has 10 nitrogen and oxygen atoms in total. The number of carbonyl (C=O) groups excluding carboxylic acids is 4. The Hall–Kier alpha value is -3.56. The van der Waals surface area contributed by atoms with Crippen LogP contribution in [-0.2, 0) is 25.5 Å². The van der Waals surface area contributed by atoms with Crippen LogP contribution < -0.4 is 21.7 Å². The van der Waals surface area contributed by atoms with Gasteiger partial charge in [0.05, 0.1) is 0 Å². The lowest BCUT2D eigenvalue weighted by Gasteiger charge is -2.27. The van der Waals surface area contributed by atoms with Crippen LogP contribution in [0.25, 0.3) is 10.9 Å². The van der Waals surface area contributed by atoms with Gasteiger partial charge in [0.2, 0.25) is 17.7 Å². The lowest BCUT2D eigenvalue weighted by molar-refractivity contribution is -0.132. The van der Waals surface area contributed by atoms with Crippen molar-refractivity contribution in [2.24, 2.45) is 17.6 Å². The van der Waals surface area contributed by atoms with E-state index in [1.165, 1.54) is 0 Å². The zero-order chi connectivity index (χ0) is 28.6. The normalized spacial score (nSPS) is 14.1. The number of ether oxygens (including phenoxy) is 1. The molecule has 3 atom stereocenters. The van der Waals surface area contributed by atoms with Gasteiger partial charge in [0.15, 0.2) is 0 Å². The third-order valence-electron chi connectivity index (χ3n) is 5.81. The number of fused-ring (bicyclic) bond motifs is 1. The Morgan fingerprint density at radius 3 is 2.00 bits per heavy atom. The first-order valence-corrected chi connectivity index (χ1v) is 13.1. The summed E-state index contributed by atoms with van der Waals surface area (Å²) in [6.07, 6.45) is 1.93. The number of amides is 4. The summed E-state index contributed by atoms with van der Waals surface area (Å²) in [5, 5.41) is 9.07. The minimum atomic E-state index is -1.02. The van der Waals surface area contributed by atoms with Crippen molar-refractivity contribution in [1.29, 1.82) is 0 Å². The summed E-state index contributed by atoms with van der Waals surface area (Å²) in [6.45, 7) is 12.9. The van der Waals surface area contributed by atoms with Crippen LogP contribution in [0, 0.1) is 11.8 Å². The molecule has 0 saturated heterocycles. The molecule has 6 N–H and O–H groups in total. The SMILES string of the molecule is CC(C)C[C@H](NC(=O)[C@@H](CC(C)C)NC(=O)[C@H](Cc1c[nH]c2ccccc12)NC(=O)OC(C)(C)C)C(N)=O. The van der Waals surface area contributed by atoms with Crippen molar-refractivity contribution in [3.63, 3.8) is 0 Å². The highest BCUT2D eigenvalue weighted by Gasteiger charge is 2.31. The maximum Gasteiger partial charge on any atom is 0.408 e. The van der Waals surface area contributed by atoms with Crippen LogP contribution in [0.3, 0.4) is 0 Å². The summed E-state index contributed by atoms with van der Waals surface area (Å²) in [5.41, 5.74) is 6.48. The number of H-pyrrole nitrogens is 1. The summed E-state index contributed by atoms with van der Waals surface area (Å²) in [5.74, 6) is -1.48. The average Bonchev–Trinajstić information content (AvgIpc) is 3.18. The molecule has 2 rings (SSSR count). The summed E-state index contributed by atoms with van der Waals surface area (Å²) in [6, 6.07) is 4.85. The van der Waals surface area contributed by atoms with Crippen LogP contribution in [-0.4, -0.2) is 52.5 Å². The fraction of sp³-hybridized carbons (Fsp3) is 0.571. The molecule has 10 heteroatoms. The molecule has 210 valence electrons. The van der Waals surface area contributed by atoms with Crippen LogP contribution in [0.15, 0.2) is 30.5 Å². The molecule has 4 amide bonds. The van der Waals surface area contributed by atoms with Crippen LogP contribution in [0.4, 0.5) is 4.79 Å². The molecule has 0 unspecified atom stereocenters. The predicted molar refractivity (Wildman–Crippen MR) is 147 cm³/mol. The number of hydrogen-bond acceptors (Lipinski definition) is 5. The highest BCUT2D eigenvalue weighted by atomic mass is 16.6. The number of hydrogen-bond donors (Lipinski definition) is 5. The van der Waals surface area contributed by atoms with Crippen LogP contribution in [0.5, 0.6) is 0 Å². The molecule has 0 spiro atoms. The Morgan fingerprint density at radius 2 is 1.42 bits per heavy atom. The first-order valence-electron chi connectivity index (χ1n) is 13.1. The van der Waals surface area contributed by atoms with Crippen molar-refractivity contribution < 1.29 is 23.9 Å². The second-order valence-corrected chi connectivity index (χ2v) is 11.5. The van der Waals surface area contributed by atoms with E-state index in [1.807, 2.05) is 52.0 Å². The molecule has 1 aromatic heterocycles. The second-order valence-electron chi connectivity index (χ2n) is 11.5. The number of aromatic nitrogens is 1. The first-order chi connectivity index (χ1) is 17.7. The zero-order valence-electron chi connectivity index (χ0n) is 23.5. The minimum Gasteiger partial charge on any atom is -0.444 e.